The maximum Gasteiger partial charge on any atom is 0.237 e. The summed E-state index contributed by atoms with van der Waals surface area (Å²) in [5.74, 6) is 1.41. The van der Waals surface area contributed by atoms with Crippen molar-refractivity contribution in [1.82, 2.24) is 19.9 Å². The van der Waals surface area contributed by atoms with Crippen LogP contribution in [0.5, 0.6) is 0 Å². The molecule has 0 atom stereocenters. The predicted molar refractivity (Wildman–Crippen MR) is 207 cm³/mol. The lowest BCUT2D eigenvalue weighted by molar-refractivity contribution is 0.934. The van der Waals surface area contributed by atoms with Crippen LogP contribution in [0.25, 0.3) is 81.6 Å². The van der Waals surface area contributed by atoms with Crippen molar-refractivity contribution in [3.05, 3.63) is 145 Å². The number of pyridine rings is 2. The highest BCUT2D eigenvalue weighted by atomic mass is 32.1. The molecule has 5 aromatic carbocycles. The van der Waals surface area contributed by atoms with Gasteiger partial charge in [0, 0.05) is 48.4 Å². The van der Waals surface area contributed by atoms with Gasteiger partial charge in [0.2, 0.25) is 5.95 Å². The van der Waals surface area contributed by atoms with Gasteiger partial charge in [0.05, 0.1) is 33.7 Å². The van der Waals surface area contributed by atoms with Crippen molar-refractivity contribution in [1.29, 1.82) is 0 Å². The Bertz CT molecular complexity index is 2890. The van der Waals surface area contributed by atoms with E-state index in [0.717, 1.165) is 74.2 Å². The van der Waals surface area contributed by atoms with Crippen LogP contribution in [-0.4, -0.2) is 19.9 Å². The zero-order valence-electron chi connectivity index (χ0n) is 26.8. The Balaban J connectivity index is 1.11. The van der Waals surface area contributed by atoms with Crippen LogP contribution in [-0.2, 0) is 6.42 Å². The molecule has 0 amide bonds. The Morgan fingerprint density at radius 2 is 1.38 bits per heavy atom. The number of benzene rings is 5. The van der Waals surface area contributed by atoms with E-state index in [4.69, 9.17) is 19.9 Å². The summed E-state index contributed by atoms with van der Waals surface area (Å²) in [5, 5.41) is 5.87. The van der Waals surface area contributed by atoms with Crippen LogP contribution >= 0.6 is 11.3 Å². The summed E-state index contributed by atoms with van der Waals surface area (Å²) in [6.07, 6.45) is 8.13. The highest BCUT2D eigenvalue weighted by Crippen LogP contribution is 2.50. The number of anilines is 3. The molecule has 0 unspecified atom stereocenters. The van der Waals surface area contributed by atoms with Crippen LogP contribution in [0.15, 0.2) is 134 Å². The van der Waals surface area contributed by atoms with Crippen molar-refractivity contribution in [3.8, 4) is 33.6 Å². The van der Waals surface area contributed by atoms with E-state index in [0.29, 0.717) is 5.95 Å². The van der Waals surface area contributed by atoms with Crippen LogP contribution in [0.3, 0.4) is 0 Å². The molecule has 0 saturated carbocycles. The van der Waals surface area contributed by atoms with Crippen molar-refractivity contribution < 1.29 is 0 Å². The van der Waals surface area contributed by atoms with Crippen molar-refractivity contribution in [3.63, 3.8) is 0 Å². The largest absolute Gasteiger partial charge is 0.262 e. The normalized spacial score (nSPS) is 13.3. The van der Waals surface area contributed by atoms with Crippen LogP contribution in [0, 0.1) is 0 Å². The fourth-order valence-electron chi connectivity index (χ4n) is 7.85. The molecule has 234 valence electrons. The summed E-state index contributed by atoms with van der Waals surface area (Å²) in [4.78, 5) is 23.0. The maximum atomic E-state index is 5.42. The lowest BCUT2D eigenvalue weighted by atomic mass is 9.94. The number of rotatable bonds is 3. The smallest absolute Gasteiger partial charge is 0.237 e. The number of hydrogen-bond acceptors (Lipinski definition) is 6. The first-order valence-electron chi connectivity index (χ1n) is 17.0. The molecule has 0 fully saturated rings. The first-order chi connectivity index (χ1) is 24.8. The summed E-state index contributed by atoms with van der Waals surface area (Å²) in [6.45, 7) is 0. The van der Waals surface area contributed by atoms with Crippen LogP contribution < -0.4 is 4.90 Å². The molecular formula is C44H27N5S. The molecule has 9 aromatic rings. The van der Waals surface area contributed by atoms with Gasteiger partial charge in [-0.1, -0.05) is 103 Å². The number of thiophene rings is 1. The fraction of sp³-hybridized carbons (Fsp3) is 0.0455. The van der Waals surface area contributed by atoms with Gasteiger partial charge in [-0.05, 0) is 59.7 Å². The van der Waals surface area contributed by atoms with Gasteiger partial charge in [-0.15, -0.1) is 11.3 Å². The quantitative estimate of drug-likeness (QED) is 0.177. The first-order valence-corrected chi connectivity index (χ1v) is 17.8. The van der Waals surface area contributed by atoms with Gasteiger partial charge in [-0.2, -0.15) is 0 Å². The number of allylic oxidation sites excluding steroid dienone is 1. The van der Waals surface area contributed by atoms with Crippen molar-refractivity contribution >= 4 is 76.7 Å². The highest BCUT2D eigenvalue weighted by Gasteiger charge is 2.31. The van der Waals surface area contributed by atoms with Crippen LogP contribution in [0.2, 0.25) is 0 Å². The molecule has 0 radical (unpaired) electrons. The predicted octanol–water partition coefficient (Wildman–Crippen LogP) is 11.7. The third kappa shape index (κ3) is 4.00. The minimum atomic E-state index is 0.607. The van der Waals surface area contributed by atoms with E-state index >= 15 is 0 Å². The molecule has 2 aliphatic rings. The second-order valence-electron chi connectivity index (χ2n) is 12.9. The van der Waals surface area contributed by atoms with Crippen LogP contribution in [0.4, 0.5) is 17.5 Å². The third-order valence-corrected chi connectivity index (χ3v) is 11.4. The van der Waals surface area contributed by atoms with Gasteiger partial charge in [-0.25, -0.2) is 15.0 Å². The van der Waals surface area contributed by atoms with Gasteiger partial charge in [0.25, 0.3) is 0 Å². The molecule has 11 rings (SSSR count). The molecule has 0 bridgehead atoms. The van der Waals surface area contributed by atoms with E-state index in [-0.39, 0.29) is 0 Å². The topological polar surface area (TPSA) is 54.8 Å². The van der Waals surface area contributed by atoms with Gasteiger partial charge >= 0.3 is 0 Å². The van der Waals surface area contributed by atoms with Gasteiger partial charge in [-0.3, -0.25) is 9.88 Å². The van der Waals surface area contributed by atoms with E-state index in [2.05, 4.69) is 132 Å². The fourth-order valence-corrected chi connectivity index (χ4v) is 9.09. The number of para-hydroxylation sites is 2. The Labute approximate surface area is 291 Å². The van der Waals surface area contributed by atoms with E-state index < -0.39 is 0 Å². The van der Waals surface area contributed by atoms with E-state index in [1.807, 2.05) is 23.6 Å². The zero-order chi connectivity index (χ0) is 32.8. The number of fused-ring (bicyclic) bond motifs is 8. The SMILES string of the molecule is C1=Cc2nc(N3c4ccccc4-c4nccc5c4c3nc3ccccc35)nc(-c3ccc(-c4cccc5c4sc4ccccc45)cc3)c2CC1. The lowest BCUT2D eigenvalue weighted by Gasteiger charge is -2.31. The summed E-state index contributed by atoms with van der Waals surface area (Å²) in [5.41, 5.74) is 10.5. The molecule has 0 spiro atoms. The van der Waals surface area contributed by atoms with E-state index in [9.17, 15) is 0 Å². The second-order valence-corrected chi connectivity index (χ2v) is 14.0. The molecule has 5 heterocycles. The van der Waals surface area contributed by atoms with Crippen molar-refractivity contribution in [2.75, 3.05) is 4.90 Å². The van der Waals surface area contributed by atoms with E-state index in [1.165, 1.54) is 36.9 Å². The second kappa shape index (κ2) is 10.6. The number of nitrogens with zero attached hydrogens (tertiary/aromatic N) is 5. The molecule has 5 nitrogen and oxygen atoms in total. The summed E-state index contributed by atoms with van der Waals surface area (Å²) < 4.78 is 2.64. The maximum absolute atomic E-state index is 5.42. The first kappa shape index (κ1) is 27.7. The molecule has 6 heteroatoms. The number of hydrogen-bond donors (Lipinski definition) is 0. The van der Waals surface area contributed by atoms with Crippen molar-refractivity contribution in [2.45, 2.75) is 12.8 Å². The summed E-state index contributed by atoms with van der Waals surface area (Å²) in [6, 6.07) is 43.1. The Morgan fingerprint density at radius 1 is 0.600 bits per heavy atom. The molecule has 50 heavy (non-hydrogen) atoms. The van der Waals surface area contributed by atoms with Gasteiger partial charge < -0.3 is 0 Å². The zero-order valence-corrected chi connectivity index (χ0v) is 27.7. The van der Waals surface area contributed by atoms with Crippen LogP contribution in [0.1, 0.15) is 17.7 Å². The highest BCUT2D eigenvalue weighted by molar-refractivity contribution is 7.26. The average Bonchev–Trinajstić information content (AvgIpc) is 3.57. The van der Waals surface area contributed by atoms with Gasteiger partial charge in [0.15, 0.2) is 5.82 Å². The molecule has 1 aliphatic heterocycles. The summed E-state index contributed by atoms with van der Waals surface area (Å²) in [7, 11) is 0. The molecule has 0 saturated heterocycles. The van der Waals surface area contributed by atoms with E-state index in [1.54, 1.807) is 0 Å². The Hall–Kier alpha value is -6.24. The molecule has 1 aliphatic carbocycles. The molecule has 4 aromatic heterocycles. The Morgan fingerprint density at radius 3 is 2.32 bits per heavy atom. The third-order valence-electron chi connectivity index (χ3n) is 10.1. The minimum Gasteiger partial charge on any atom is -0.262 e. The minimum absolute atomic E-state index is 0.607. The standard InChI is InChI=1S/C44H27N5S/c1-5-16-35-29(10-1)31-24-25-45-41-34-13-3-7-18-37(34)49(43(46-35)39(31)41)44-47-36-17-6-2-12-33(36)40(48-44)27-22-20-26(21-23-27)28-14-9-15-32-30-11-4-8-19-38(30)50-42(28)32/h1,3-11,13-25H,2,12H2. The monoisotopic (exact) mass is 657 g/mol. The van der Waals surface area contributed by atoms with Crippen molar-refractivity contribution in [2.24, 2.45) is 0 Å². The Kier molecular flexibility index (Phi) is 5.89. The molecular weight excluding hydrogens is 631 g/mol. The lowest BCUT2D eigenvalue weighted by Crippen LogP contribution is -2.21. The summed E-state index contributed by atoms with van der Waals surface area (Å²) >= 11 is 1.86. The number of aromatic nitrogens is 4. The average molecular weight is 658 g/mol. The molecule has 0 N–H and O–H groups in total. The van der Waals surface area contributed by atoms with Gasteiger partial charge in [0.1, 0.15) is 0 Å².